The first-order valence-corrected chi connectivity index (χ1v) is 8.62. The first-order chi connectivity index (χ1) is 12.4. The second kappa shape index (κ2) is 8.91. The molecule has 2 amide bonds. The summed E-state index contributed by atoms with van der Waals surface area (Å²) in [5.41, 5.74) is 1.23. The van der Waals surface area contributed by atoms with Crippen LogP contribution in [0, 0.1) is 0 Å². The van der Waals surface area contributed by atoms with Gasteiger partial charge in [0.1, 0.15) is 0 Å². The minimum absolute atomic E-state index is 0.164. The molecule has 0 aliphatic rings. The van der Waals surface area contributed by atoms with E-state index in [1.165, 1.54) is 40.2 Å². The third-order valence-electron chi connectivity index (χ3n) is 3.26. The van der Waals surface area contributed by atoms with E-state index in [1.807, 2.05) is 30.3 Å². The SMILES string of the molecule is CC(=O)N(c1ccccc1)c1nc(/C=C/C(=O)OCC(=O)N(C)C)cs1. The van der Waals surface area contributed by atoms with E-state index in [-0.39, 0.29) is 18.4 Å². The van der Waals surface area contributed by atoms with Crippen molar-refractivity contribution in [3.63, 3.8) is 0 Å². The van der Waals surface area contributed by atoms with Crippen molar-refractivity contribution in [1.29, 1.82) is 0 Å². The minimum atomic E-state index is -0.638. The highest BCUT2D eigenvalue weighted by atomic mass is 32.1. The molecule has 0 spiro atoms. The molecule has 2 aromatic rings. The van der Waals surface area contributed by atoms with Crippen LogP contribution in [0.1, 0.15) is 12.6 Å². The number of hydrogen-bond donors (Lipinski definition) is 0. The average molecular weight is 373 g/mol. The molecule has 2 rings (SSSR count). The molecule has 0 N–H and O–H groups in total. The summed E-state index contributed by atoms with van der Waals surface area (Å²) >= 11 is 1.28. The average Bonchev–Trinajstić information content (AvgIpc) is 3.06. The van der Waals surface area contributed by atoms with Gasteiger partial charge in [0, 0.05) is 32.5 Å². The van der Waals surface area contributed by atoms with Crippen molar-refractivity contribution in [2.75, 3.05) is 25.6 Å². The molecule has 0 unspecified atom stereocenters. The maximum Gasteiger partial charge on any atom is 0.331 e. The van der Waals surface area contributed by atoms with Crippen molar-refractivity contribution in [2.24, 2.45) is 0 Å². The largest absolute Gasteiger partial charge is 0.452 e. The molecule has 0 aliphatic heterocycles. The fourth-order valence-electron chi connectivity index (χ4n) is 1.92. The monoisotopic (exact) mass is 373 g/mol. The number of anilines is 2. The lowest BCUT2D eigenvalue weighted by Crippen LogP contribution is -2.27. The fraction of sp³-hybridized carbons (Fsp3) is 0.222. The number of hydrogen-bond acceptors (Lipinski definition) is 6. The van der Waals surface area contributed by atoms with Gasteiger partial charge in [0.25, 0.3) is 5.91 Å². The van der Waals surface area contributed by atoms with Crippen LogP contribution in [0.15, 0.2) is 41.8 Å². The van der Waals surface area contributed by atoms with E-state index < -0.39 is 5.97 Å². The molecule has 0 aliphatic carbocycles. The Morgan fingerprint density at radius 3 is 2.50 bits per heavy atom. The zero-order valence-corrected chi connectivity index (χ0v) is 15.5. The van der Waals surface area contributed by atoms with Crippen LogP contribution < -0.4 is 4.90 Å². The first kappa shape index (κ1) is 19.3. The van der Waals surface area contributed by atoms with Crippen LogP contribution in [0.25, 0.3) is 6.08 Å². The number of aromatic nitrogens is 1. The van der Waals surface area contributed by atoms with Gasteiger partial charge in [-0.05, 0) is 18.2 Å². The Bertz CT molecular complexity index is 815. The summed E-state index contributed by atoms with van der Waals surface area (Å²) in [7, 11) is 3.16. The third-order valence-corrected chi connectivity index (χ3v) is 4.10. The topological polar surface area (TPSA) is 79.8 Å². The van der Waals surface area contributed by atoms with Crippen LogP contribution in [0.3, 0.4) is 0 Å². The van der Waals surface area contributed by atoms with Crippen LogP contribution in [0.4, 0.5) is 10.8 Å². The number of carbonyl (C=O) groups excluding carboxylic acids is 3. The Morgan fingerprint density at radius 2 is 1.88 bits per heavy atom. The smallest absolute Gasteiger partial charge is 0.331 e. The second-order valence-electron chi connectivity index (χ2n) is 5.47. The number of rotatable bonds is 6. The van der Waals surface area contributed by atoms with E-state index in [4.69, 9.17) is 4.74 Å². The molecule has 0 bridgehead atoms. The van der Waals surface area contributed by atoms with Gasteiger partial charge in [-0.3, -0.25) is 14.5 Å². The number of likely N-dealkylation sites (N-methyl/N-ethyl adjacent to an activating group) is 1. The summed E-state index contributed by atoms with van der Waals surface area (Å²) in [4.78, 5) is 42.2. The van der Waals surface area contributed by atoms with Gasteiger partial charge in [0.05, 0.1) is 11.4 Å². The predicted octanol–water partition coefficient (Wildman–Crippen LogP) is 2.47. The highest BCUT2D eigenvalue weighted by Crippen LogP contribution is 2.28. The van der Waals surface area contributed by atoms with Crippen LogP contribution in [-0.4, -0.2) is 48.4 Å². The fourth-order valence-corrected chi connectivity index (χ4v) is 2.78. The number of nitrogens with zero attached hydrogens (tertiary/aromatic N) is 3. The van der Waals surface area contributed by atoms with Gasteiger partial charge in [-0.2, -0.15) is 0 Å². The molecule has 8 heteroatoms. The molecule has 0 saturated carbocycles. The van der Waals surface area contributed by atoms with E-state index in [9.17, 15) is 14.4 Å². The van der Waals surface area contributed by atoms with Gasteiger partial charge in [-0.15, -0.1) is 11.3 Å². The molecule has 26 heavy (non-hydrogen) atoms. The predicted molar refractivity (Wildman–Crippen MR) is 100 cm³/mol. The number of amides is 2. The standard InChI is InChI=1S/C18H19N3O4S/c1-13(22)21(15-7-5-4-6-8-15)18-19-14(12-26-18)9-10-17(24)25-11-16(23)20(2)3/h4-10,12H,11H2,1-3H3/b10-9+. The number of carbonyl (C=O) groups is 3. The maximum absolute atomic E-state index is 12.0. The van der Waals surface area contributed by atoms with E-state index in [0.29, 0.717) is 16.5 Å². The van der Waals surface area contributed by atoms with Gasteiger partial charge in [0.15, 0.2) is 11.7 Å². The van der Waals surface area contributed by atoms with Crippen LogP contribution in [0.5, 0.6) is 0 Å². The number of para-hydroxylation sites is 1. The van der Waals surface area contributed by atoms with Gasteiger partial charge in [0.2, 0.25) is 5.91 Å². The Labute approximate surface area is 155 Å². The molecule has 1 aromatic carbocycles. The van der Waals surface area contributed by atoms with Crippen molar-refractivity contribution in [3.8, 4) is 0 Å². The summed E-state index contributed by atoms with van der Waals surface area (Å²) in [5.74, 6) is -1.11. The third kappa shape index (κ3) is 5.25. The van der Waals surface area contributed by atoms with Crippen molar-refractivity contribution in [3.05, 3.63) is 47.5 Å². The van der Waals surface area contributed by atoms with E-state index in [1.54, 1.807) is 19.5 Å². The lowest BCUT2D eigenvalue weighted by Gasteiger charge is -2.17. The molecule has 136 valence electrons. The van der Waals surface area contributed by atoms with Crippen LogP contribution >= 0.6 is 11.3 Å². The van der Waals surface area contributed by atoms with E-state index in [0.717, 1.165) is 0 Å². The number of esters is 1. The molecule has 1 aromatic heterocycles. The number of benzene rings is 1. The quantitative estimate of drug-likeness (QED) is 0.574. The molecule has 0 saturated heterocycles. The van der Waals surface area contributed by atoms with E-state index in [2.05, 4.69) is 4.98 Å². The Hall–Kier alpha value is -3.00. The molecule has 7 nitrogen and oxygen atoms in total. The first-order valence-electron chi connectivity index (χ1n) is 7.74. The minimum Gasteiger partial charge on any atom is -0.452 e. The van der Waals surface area contributed by atoms with Gasteiger partial charge < -0.3 is 9.64 Å². The summed E-state index contributed by atoms with van der Waals surface area (Å²) in [6.07, 6.45) is 2.67. The highest BCUT2D eigenvalue weighted by molar-refractivity contribution is 7.14. The van der Waals surface area contributed by atoms with Crippen LogP contribution in [-0.2, 0) is 19.1 Å². The molecule has 0 radical (unpaired) electrons. The summed E-state index contributed by atoms with van der Waals surface area (Å²) in [6, 6.07) is 9.18. The van der Waals surface area contributed by atoms with E-state index >= 15 is 0 Å². The van der Waals surface area contributed by atoms with Crippen LogP contribution in [0.2, 0.25) is 0 Å². The zero-order chi connectivity index (χ0) is 19.1. The number of thiazole rings is 1. The van der Waals surface area contributed by atoms with Crippen molar-refractivity contribution >= 4 is 46.0 Å². The van der Waals surface area contributed by atoms with Gasteiger partial charge in [-0.1, -0.05) is 18.2 Å². The lowest BCUT2D eigenvalue weighted by molar-refractivity contribution is -0.146. The Balaban J connectivity index is 2.05. The molecule has 0 fully saturated rings. The molecular weight excluding hydrogens is 354 g/mol. The molecule has 0 atom stereocenters. The molecule has 1 heterocycles. The molecular formula is C18H19N3O4S. The summed E-state index contributed by atoms with van der Waals surface area (Å²) in [5, 5.41) is 2.22. The Morgan fingerprint density at radius 1 is 1.19 bits per heavy atom. The Kier molecular flexibility index (Phi) is 6.62. The van der Waals surface area contributed by atoms with Crippen molar-refractivity contribution in [1.82, 2.24) is 9.88 Å². The van der Waals surface area contributed by atoms with Gasteiger partial charge >= 0.3 is 5.97 Å². The maximum atomic E-state index is 12.0. The van der Waals surface area contributed by atoms with Crippen molar-refractivity contribution < 1.29 is 19.1 Å². The summed E-state index contributed by atoms with van der Waals surface area (Å²) < 4.78 is 4.84. The normalized spacial score (nSPS) is 10.6. The van der Waals surface area contributed by atoms with Gasteiger partial charge in [-0.25, -0.2) is 9.78 Å². The number of ether oxygens (including phenoxy) is 1. The summed E-state index contributed by atoms with van der Waals surface area (Å²) in [6.45, 7) is 1.15. The van der Waals surface area contributed by atoms with Crippen molar-refractivity contribution in [2.45, 2.75) is 6.92 Å². The highest BCUT2D eigenvalue weighted by Gasteiger charge is 2.17. The zero-order valence-electron chi connectivity index (χ0n) is 14.7. The second-order valence-corrected chi connectivity index (χ2v) is 6.31. The lowest BCUT2D eigenvalue weighted by atomic mass is 10.3.